The standard InChI is InChI=1S/C24H26ClN5O3/c1-33-18-6-7-20-19(12-18)23(27-15-26-20)30-13-21(22(31)14-30)28-8-10-29(11-9-28)24(32)16-2-4-17(25)5-3-16/h2-7,12,15,21-22,31H,8-11,13-14H2,1H3/t21-,22+/m0/s1. The van der Waals surface area contributed by atoms with Crippen LogP contribution in [0.4, 0.5) is 5.82 Å². The maximum Gasteiger partial charge on any atom is 0.253 e. The Morgan fingerprint density at radius 3 is 2.55 bits per heavy atom. The monoisotopic (exact) mass is 467 g/mol. The number of benzene rings is 2. The summed E-state index contributed by atoms with van der Waals surface area (Å²) in [5.41, 5.74) is 1.49. The number of fused-ring (bicyclic) bond motifs is 1. The Morgan fingerprint density at radius 1 is 1.06 bits per heavy atom. The number of piperazine rings is 1. The summed E-state index contributed by atoms with van der Waals surface area (Å²) < 4.78 is 5.37. The van der Waals surface area contributed by atoms with Crippen LogP contribution in [0.5, 0.6) is 5.75 Å². The molecule has 2 fully saturated rings. The van der Waals surface area contributed by atoms with Crippen LogP contribution < -0.4 is 9.64 Å². The van der Waals surface area contributed by atoms with E-state index in [4.69, 9.17) is 16.3 Å². The van der Waals surface area contributed by atoms with Crippen molar-refractivity contribution >= 4 is 34.2 Å². The fraction of sp³-hybridized carbons (Fsp3) is 0.375. The van der Waals surface area contributed by atoms with Gasteiger partial charge in [0.25, 0.3) is 5.91 Å². The zero-order chi connectivity index (χ0) is 22.9. The van der Waals surface area contributed by atoms with Gasteiger partial charge in [0.1, 0.15) is 17.9 Å². The smallest absolute Gasteiger partial charge is 0.253 e. The number of hydrogen-bond acceptors (Lipinski definition) is 7. The highest BCUT2D eigenvalue weighted by Gasteiger charge is 2.38. The summed E-state index contributed by atoms with van der Waals surface area (Å²) >= 11 is 5.94. The number of aromatic nitrogens is 2. The second-order valence-corrected chi connectivity index (χ2v) is 8.89. The molecule has 8 nitrogen and oxygen atoms in total. The van der Waals surface area contributed by atoms with Crippen LogP contribution >= 0.6 is 11.6 Å². The lowest BCUT2D eigenvalue weighted by Gasteiger charge is -2.38. The van der Waals surface area contributed by atoms with Gasteiger partial charge >= 0.3 is 0 Å². The molecule has 1 aromatic heterocycles. The van der Waals surface area contributed by atoms with Gasteiger partial charge in [0, 0.05) is 55.2 Å². The lowest BCUT2D eigenvalue weighted by molar-refractivity contribution is 0.0376. The molecule has 1 amide bonds. The van der Waals surface area contributed by atoms with Crippen molar-refractivity contribution in [2.24, 2.45) is 0 Å². The highest BCUT2D eigenvalue weighted by atomic mass is 35.5. The number of rotatable bonds is 4. The van der Waals surface area contributed by atoms with Crippen LogP contribution in [0, 0.1) is 0 Å². The molecule has 2 saturated heterocycles. The number of aliphatic hydroxyl groups excluding tert-OH is 1. The number of halogens is 1. The Kier molecular flexibility index (Phi) is 6.05. The lowest BCUT2D eigenvalue weighted by Crippen LogP contribution is -2.54. The number of amides is 1. The summed E-state index contributed by atoms with van der Waals surface area (Å²) in [5.74, 6) is 1.56. The normalized spacial score (nSPS) is 21.5. The minimum atomic E-state index is -0.501. The van der Waals surface area contributed by atoms with Crippen molar-refractivity contribution in [2.75, 3.05) is 51.3 Å². The summed E-state index contributed by atoms with van der Waals surface area (Å²) in [5, 5.41) is 12.4. The minimum Gasteiger partial charge on any atom is -0.497 e. The van der Waals surface area contributed by atoms with E-state index in [1.807, 2.05) is 23.1 Å². The van der Waals surface area contributed by atoms with Crippen LogP contribution in [-0.2, 0) is 0 Å². The Bertz CT molecular complexity index is 1150. The molecule has 2 aromatic carbocycles. The number of carbonyl (C=O) groups excluding carboxylic acids is 1. The van der Waals surface area contributed by atoms with Crippen molar-refractivity contribution < 1.29 is 14.6 Å². The first-order valence-electron chi connectivity index (χ1n) is 11.0. The van der Waals surface area contributed by atoms with Crippen LogP contribution in [0.25, 0.3) is 10.9 Å². The third kappa shape index (κ3) is 4.34. The van der Waals surface area contributed by atoms with Crippen molar-refractivity contribution in [1.82, 2.24) is 19.8 Å². The number of carbonyl (C=O) groups is 1. The van der Waals surface area contributed by atoms with Crippen molar-refractivity contribution in [2.45, 2.75) is 12.1 Å². The largest absolute Gasteiger partial charge is 0.497 e. The Morgan fingerprint density at radius 2 is 1.82 bits per heavy atom. The molecule has 9 heteroatoms. The Hall–Kier alpha value is -2.94. The van der Waals surface area contributed by atoms with Crippen LogP contribution in [0.2, 0.25) is 5.02 Å². The first kappa shape index (κ1) is 21.9. The van der Waals surface area contributed by atoms with Crippen LogP contribution in [0.3, 0.4) is 0 Å². The number of aliphatic hydroxyl groups is 1. The van der Waals surface area contributed by atoms with Crippen molar-refractivity contribution in [3.8, 4) is 5.75 Å². The van der Waals surface area contributed by atoms with E-state index in [9.17, 15) is 9.90 Å². The fourth-order valence-electron chi connectivity index (χ4n) is 4.73. The van der Waals surface area contributed by atoms with E-state index >= 15 is 0 Å². The third-order valence-electron chi connectivity index (χ3n) is 6.54. The van der Waals surface area contributed by atoms with Crippen molar-refractivity contribution in [3.63, 3.8) is 0 Å². The Labute approximate surface area is 197 Å². The van der Waals surface area contributed by atoms with Gasteiger partial charge in [-0.3, -0.25) is 9.69 Å². The van der Waals surface area contributed by atoms with Gasteiger partial charge in [0.15, 0.2) is 0 Å². The molecule has 0 radical (unpaired) electrons. The van der Waals surface area contributed by atoms with E-state index in [1.165, 1.54) is 0 Å². The second kappa shape index (κ2) is 9.13. The number of nitrogens with zero attached hydrogens (tertiary/aromatic N) is 5. The molecule has 2 atom stereocenters. The predicted octanol–water partition coefficient (Wildman–Crippen LogP) is 2.30. The first-order chi connectivity index (χ1) is 16.0. The average molecular weight is 468 g/mol. The SMILES string of the molecule is COc1ccc2ncnc(N3C[C@@H](O)[C@@H](N4CCN(C(=O)c5ccc(Cl)cc5)CC4)C3)c2c1. The van der Waals surface area contributed by atoms with Gasteiger partial charge in [-0.2, -0.15) is 0 Å². The summed E-state index contributed by atoms with van der Waals surface area (Å²) in [6, 6.07) is 12.7. The maximum atomic E-state index is 12.8. The molecule has 0 spiro atoms. The molecular formula is C24H26ClN5O3. The van der Waals surface area contributed by atoms with Crippen molar-refractivity contribution in [3.05, 3.63) is 59.4 Å². The van der Waals surface area contributed by atoms with Gasteiger partial charge < -0.3 is 19.6 Å². The van der Waals surface area contributed by atoms with Gasteiger partial charge in [-0.05, 0) is 42.5 Å². The molecule has 3 aromatic rings. The zero-order valence-corrected chi connectivity index (χ0v) is 19.1. The molecule has 0 saturated carbocycles. The number of hydrogen-bond donors (Lipinski definition) is 1. The molecule has 3 heterocycles. The summed E-state index contributed by atoms with van der Waals surface area (Å²) in [7, 11) is 1.64. The van der Waals surface area contributed by atoms with E-state index in [1.54, 1.807) is 37.7 Å². The molecule has 172 valence electrons. The molecule has 0 bridgehead atoms. The molecule has 0 aliphatic carbocycles. The second-order valence-electron chi connectivity index (χ2n) is 8.46. The molecule has 2 aliphatic heterocycles. The number of methoxy groups -OCH3 is 1. The lowest BCUT2D eigenvalue weighted by atomic mass is 10.1. The van der Waals surface area contributed by atoms with Gasteiger partial charge in [0.05, 0.1) is 24.8 Å². The maximum absolute atomic E-state index is 12.8. The topological polar surface area (TPSA) is 82.0 Å². The Balaban J connectivity index is 1.26. The quantitative estimate of drug-likeness (QED) is 0.630. The minimum absolute atomic E-state index is 0.0151. The van der Waals surface area contributed by atoms with Gasteiger partial charge in [0.2, 0.25) is 0 Å². The van der Waals surface area contributed by atoms with Crippen LogP contribution in [-0.4, -0.2) is 89.3 Å². The molecule has 33 heavy (non-hydrogen) atoms. The first-order valence-corrected chi connectivity index (χ1v) is 11.4. The highest BCUT2D eigenvalue weighted by Crippen LogP contribution is 2.30. The summed E-state index contributed by atoms with van der Waals surface area (Å²) in [6.45, 7) is 3.84. The van der Waals surface area contributed by atoms with Crippen LogP contribution in [0.15, 0.2) is 48.8 Å². The number of anilines is 1. The van der Waals surface area contributed by atoms with Crippen molar-refractivity contribution in [1.29, 1.82) is 0 Å². The highest BCUT2D eigenvalue weighted by molar-refractivity contribution is 6.30. The molecule has 1 N–H and O–H groups in total. The average Bonchev–Trinajstić information content (AvgIpc) is 3.24. The third-order valence-corrected chi connectivity index (χ3v) is 6.79. The van der Waals surface area contributed by atoms with E-state index in [-0.39, 0.29) is 11.9 Å². The van der Waals surface area contributed by atoms with E-state index in [0.717, 1.165) is 22.5 Å². The zero-order valence-electron chi connectivity index (χ0n) is 18.4. The number of β-amino-alcohol motifs (C(OH)–C–C–N with tert-alkyl or cyclic N) is 1. The molecule has 0 unspecified atom stereocenters. The van der Waals surface area contributed by atoms with E-state index < -0.39 is 6.10 Å². The summed E-state index contributed by atoms with van der Waals surface area (Å²) in [4.78, 5) is 27.9. The van der Waals surface area contributed by atoms with E-state index in [0.29, 0.717) is 49.9 Å². The number of ether oxygens (including phenoxy) is 1. The summed E-state index contributed by atoms with van der Waals surface area (Å²) in [6.07, 6.45) is 1.06. The molecular weight excluding hydrogens is 442 g/mol. The van der Waals surface area contributed by atoms with E-state index in [2.05, 4.69) is 19.8 Å². The predicted molar refractivity (Wildman–Crippen MR) is 127 cm³/mol. The van der Waals surface area contributed by atoms with Gasteiger partial charge in [-0.15, -0.1) is 0 Å². The van der Waals surface area contributed by atoms with Crippen LogP contribution in [0.1, 0.15) is 10.4 Å². The van der Waals surface area contributed by atoms with Gasteiger partial charge in [-0.1, -0.05) is 11.6 Å². The fourth-order valence-corrected chi connectivity index (χ4v) is 4.86. The molecule has 2 aliphatic rings. The molecule has 5 rings (SSSR count). The van der Waals surface area contributed by atoms with Gasteiger partial charge in [-0.25, -0.2) is 9.97 Å².